The van der Waals surface area contributed by atoms with Gasteiger partial charge in [-0.15, -0.1) is 0 Å². The second-order valence-electron chi connectivity index (χ2n) is 5.79. The lowest BCUT2D eigenvalue weighted by atomic mass is 10.1. The number of likely N-dealkylation sites (N-methyl/N-ethyl adjacent to an activating group) is 1. The van der Waals surface area contributed by atoms with Gasteiger partial charge in [0.1, 0.15) is 6.54 Å². The van der Waals surface area contributed by atoms with E-state index >= 15 is 0 Å². The summed E-state index contributed by atoms with van der Waals surface area (Å²) in [7, 11) is 3.46. The Labute approximate surface area is 136 Å². The summed E-state index contributed by atoms with van der Waals surface area (Å²) in [6.45, 7) is 2.18. The van der Waals surface area contributed by atoms with Gasteiger partial charge in [-0.1, -0.05) is 23.7 Å². The molecule has 1 aliphatic rings. The van der Waals surface area contributed by atoms with Crippen molar-refractivity contribution in [2.45, 2.75) is 31.8 Å². The van der Waals surface area contributed by atoms with E-state index in [0.717, 1.165) is 18.4 Å². The fourth-order valence-electron chi connectivity index (χ4n) is 1.91. The number of guanidine groups is 1. The smallest absolute Gasteiger partial charge is 0.243 e. The van der Waals surface area contributed by atoms with Crippen molar-refractivity contribution in [3.63, 3.8) is 0 Å². The minimum Gasteiger partial charge on any atom is -0.354 e. The van der Waals surface area contributed by atoms with Crippen LogP contribution < -0.4 is 10.6 Å². The van der Waals surface area contributed by atoms with E-state index in [1.54, 1.807) is 19.0 Å². The maximum absolute atomic E-state index is 11.7. The molecule has 1 aromatic rings. The maximum Gasteiger partial charge on any atom is 0.243 e. The summed E-state index contributed by atoms with van der Waals surface area (Å²) in [4.78, 5) is 17.6. The third kappa shape index (κ3) is 5.22. The molecule has 0 bridgehead atoms. The van der Waals surface area contributed by atoms with Crippen LogP contribution in [-0.4, -0.2) is 43.4 Å². The summed E-state index contributed by atoms with van der Waals surface area (Å²) in [5, 5.41) is 7.38. The Morgan fingerprint density at radius 1 is 1.45 bits per heavy atom. The van der Waals surface area contributed by atoms with Crippen molar-refractivity contribution < 1.29 is 4.79 Å². The first-order valence-corrected chi connectivity index (χ1v) is 7.86. The first-order chi connectivity index (χ1) is 10.5. The van der Waals surface area contributed by atoms with Crippen LogP contribution in [0.3, 0.4) is 0 Å². The van der Waals surface area contributed by atoms with Gasteiger partial charge in [0, 0.05) is 25.2 Å². The Hall–Kier alpha value is -1.75. The van der Waals surface area contributed by atoms with Crippen LogP contribution in [0.15, 0.2) is 29.3 Å². The predicted octanol–water partition coefficient (Wildman–Crippen LogP) is 2.19. The fraction of sp³-hybridized carbons (Fsp3) is 0.500. The van der Waals surface area contributed by atoms with Crippen LogP contribution >= 0.6 is 11.6 Å². The van der Waals surface area contributed by atoms with Crippen molar-refractivity contribution in [3.05, 3.63) is 34.9 Å². The molecule has 0 spiro atoms. The van der Waals surface area contributed by atoms with Gasteiger partial charge in [-0.2, -0.15) is 0 Å². The molecule has 0 radical (unpaired) electrons. The molecule has 22 heavy (non-hydrogen) atoms. The molecule has 1 amide bonds. The lowest BCUT2D eigenvalue weighted by molar-refractivity contribution is -0.127. The van der Waals surface area contributed by atoms with Crippen LogP contribution in [0.25, 0.3) is 0 Å². The molecule has 0 aromatic heterocycles. The number of nitrogens with one attached hydrogen (secondary N) is 2. The van der Waals surface area contributed by atoms with Gasteiger partial charge in [0.05, 0.1) is 6.04 Å². The van der Waals surface area contributed by atoms with Gasteiger partial charge in [-0.25, -0.2) is 4.99 Å². The number of aliphatic imine (C=N–C) groups is 1. The molecule has 1 aromatic carbocycles. The lowest BCUT2D eigenvalue weighted by Crippen LogP contribution is -2.40. The number of amides is 1. The number of hydrogen-bond acceptors (Lipinski definition) is 2. The summed E-state index contributed by atoms with van der Waals surface area (Å²) in [5.41, 5.74) is 1.08. The molecular weight excluding hydrogens is 300 g/mol. The van der Waals surface area contributed by atoms with E-state index in [1.165, 1.54) is 0 Å². The van der Waals surface area contributed by atoms with Crippen LogP contribution in [0.1, 0.15) is 31.4 Å². The summed E-state index contributed by atoms with van der Waals surface area (Å²) in [5.74, 6) is 0.650. The standard InChI is InChI=1S/C16H23ClN4O/c1-11(12-5-4-6-13(17)9-12)19-16(20-14-7-8-14)18-10-15(22)21(2)3/h4-6,9,11,14H,7-8,10H2,1-3H3,(H2,18,19,20). The number of carbonyl (C=O) groups is 1. The molecule has 120 valence electrons. The quantitative estimate of drug-likeness (QED) is 0.645. The highest BCUT2D eigenvalue weighted by Gasteiger charge is 2.23. The molecule has 0 saturated heterocycles. The van der Waals surface area contributed by atoms with Gasteiger partial charge in [0.15, 0.2) is 5.96 Å². The van der Waals surface area contributed by atoms with Crippen molar-refractivity contribution in [2.75, 3.05) is 20.6 Å². The van der Waals surface area contributed by atoms with Crippen molar-refractivity contribution >= 4 is 23.5 Å². The fourth-order valence-corrected chi connectivity index (χ4v) is 2.11. The van der Waals surface area contributed by atoms with Crippen LogP contribution in [-0.2, 0) is 4.79 Å². The molecule has 5 nitrogen and oxygen atoms in total. The predicted molar refractivity (Wildman–Crippen MR) is 90.2 cm³/mol. The Bertz CT molecular complexity index is 555. The molecule has 6 heteroatoms. The molecule has 1 fully saturated rings. The van der Waals surface area contributed by atoms with Gasteiger partial charge in [-0.05, 0) is 37.5 Å². The molecule has 2 rings (SSSR count). The van der Waals surface area contributed by atoms with Crippen LogP contribution in [0.2, 0.25) is 5.02 Å². The number of nitrogens with zero attached hydrogens (tertiary/aromatic N) is 2. The first-order valence-electron chi connectivity index (χ1n) is 7.49. The zero-order valence-electron chi connectivity index (χ0n) is 13.3. The topological polar surface area (TPSA) is 56.7 Å². The maximum atomic E-state index is 11.7. The highest BCUT2D eigenvalue weighted by atomic mass is 35.5. The van der Waals surface area contributed by atoms with Crippen molar-refractivity contribution in [1.82, 2.24) is 15.5 Å². The molecule has 1 atom stereocenters. The van der Waals surface area contributed by atoms with Crippen molar-refractivity contribution in [3.8, 4) is 0 Å². The van der Waals surface area contributed by atoms with Gasteiger partial charge < -0.3 is 15.5 Å². The monoisotopic (exact) mass is 322 g/mol. The third-order valence-corrected chi connectivity index (χ3v) is 3.73. The first kappa shape index (κ1) is 16.6. The van der Waals surface area contributed by atoms with Crippen LogP contribution in [0.4, 0.5) is 0 Å². The molecule has 1 unspecified atom stereocenters. The Morgan fingerprint density at radius 3 is 2.77 bits per heavy atom. The summed E-state index contributed by atoms with van der Waals surface area (Å²) in [6, 6.07) is 8.24. The largest absolute Gasteiger partial charge is 0.354 e. The minimum atomic E-state index is -0.0210. The molecule has 2 N–H and O–H groups in total. The Morgan fingerprint density at radius 2 is 2.18 bits per heavy atom. The SMILES string of the molecule is CC(NC(=NCC(=O)N(C)C)NC1CC1)c1cccc(Cl)c1. The molecule has 1 aliphatic carbocycles. The number of carbonyl (C=O) groups excluding carboxylic acids is 1. The summed E-state index contributed by atoms with van der Waals surface area (Å²) < 4.78 is 0. The van der Waals surface area contributed by atoms with E-state index in [-0.39, 0.29) is 18.5 Å². The number of halogens is 1. The van der Waals surface area contributed by atoms with E-state index in [9.17, 15) is 4.79 Å². The normalized spacial score (nSPS) is 16.1. The second-order valence-corrected chi connectivity index (χ2v) is 6.23. The number of hydrogen-bond donors (Lipinski definition) is 2. The van der Waals surface area contributed by atoms with E-state index in [4.69, 9.17) is 11.6 Å². The van der Waals surface area contributed by atoms with E-state index in [0.29, 0.717) is 17.0 Å². The van der Waals surface area contributed by atoms with Gasteiger partial charge in [0.25, 0.3) is 0 Å². The lowest BCUT2D eigenvalue weighted by Gasteiger charge is -2.19. The zero-order chi connectivity index (χ0) is 16.1. The highest BCUT2D eigenvalue weighted by Crippen LogP contribution is 2.20. The van der Waals surface area contributed by atoms with Gasteiger partial charge >= 0.3 is 0 Å². The molecule has 0 heterocycles. The molecule has 0 aliphatic heterocycles. The minimum absolute atomic E-state index is 0.0210. The van der Waals surface area contributed by atoms with Gasteiger partial charge in [-0.3, -0.25) is 4.79 Å². The zero-order valence-corrected chi connectivity index (χ0v) is 14.0. The Kier molecular flexibility index (Phi) is 5.66. The summed E-state index contributed by atoms with van der Waals surface area (Å²) >= 11 is 6.03. The molecule has 1 saturated carbocycles. The van der Waals surface area contributed by atoms with Crippen LogP contribution in [0.5, 0.6) is 0 Å². The van der Waals surface area contributed by atoms with Crippen LogP contribution in [0, 0.1) is 0 Å². The number of rotatable bonds is 5. The second kappa shape index (κ2) is 7.49. The van der Waals surface area contributed by atoms with Crippen molar-refractivity contribution in [1.29, 1.82) is 0 Å². The van der Waals surface area contributed by atoms with E-state index < -0.39 is 0 Å². The van der Waals surface area contributed by atoms with Gasteiger partial charge in [0.2, 0.25) is 5.91 Å². The average molecular weight is 323 g/mol. The highest BCUT2D eigenvalue weighted by molar-refractivity contribution is 6.30. The Balaban J connectivity index is 2.02. The van der Waals surface area contributed by atoms with E-state index in [1.807, 2.05) is 31.2 Å². The molecular formula is C16H23ClN4O. The summed E-state index contributed by atoms with van der Waals surface area (Å²) in [6.07, 6.45) is 2.29. The number of benzene rings is 1. The van der Waals surface area contributed by atoms with E-state index in [2.05, 4.69) is 15.6 Å². The van der Waals surface area contributed by atoms with Crippen molar-refractivity contribution in [2.24, 2.45) is 4.99 Å². The third-order valence-electron chi connectivity index (χ3n) is 3.49. The average Bonchev–Trinajstić information content (AvgIpc) is 3.28.